The molecule has 3 aromatic rings. The molecule has 7 amide bonds. The topological polar surface area (TPSA) is 277 Å². The van der Waals surface area contributed by atoms with E-state index in [2.05, 4.69) is 38.8 Å². The van der Waals surface area contributed by atoms with Crippen molar-refractivity contribution >= 4 is 47.9 Å². The summed E-state index contributed by atoms with van der Waals surface area (Å²) in [5.41, 5.74) is 0.856. The molecule has 0 aromatic heterocycles. The molecule has 88 heavy (non-hydrogen) atoms. The van der Waals surface area contributed by atoms with E-state index in [-0.39, 0.29) is 68.2 Å². The van der Waals surface area contributed by atoms with Crippen LogP contribution in [-0.4, -0.2) is 147 Å². The Kier molecular flexibility index (Phi) is 25.5. The number of hydrogen-bond donors (Lipinski definition) is 6. The molecule has 5 rings (SSSR count). The average molecular weight is 1230 g/mol. The summed E-state index contributed by atoms with van der Waals surface area (Å²) in [7, 11) is 2.93. The van der Waals surface area contributed by atoms with Crippen molar-refractivity contribution in [3.63, 3.8) is 0 Å². The third kappa shape index (κ3) is 21.9. The van der Waals surface area contributed by atoms with Gasteiger partial charge in [0.2, 0.25) is 17.7 Å². The molecule has 1 heterocycles. The number of carbonyl (C=O) groups excluding carboxylic acids is 8. The maximum Gasteiger partial charge on any atom is 0.407 e. The van der Waals surface area contributed by atoms with E-state index >= 15 is 9.59 Å². The number of fused-ring (bicyclic) bond motifs is 5. The second-order valence-electron chi connectivity index (χ2n) is 26.4. The van der Waals surface area contributed by atoms with E-state index in [0.29, 0.717) is 34.2 Å². The monoisotopic (exact) mass is 1230 g/mol. The highest BCUT2D eigenvalue weighted by Gasteiger charge is 2.51. The van der Waals surface area contributed by atoms with Gasteiger partial charge in [-0.05, 0) is 160 Å². The number of esters is 1. The predicted molar refractivity (Wildman–Crippen MR) is 333 cm³/mol. The van der Waals surface area contributed by atoms with E-state index < -0.39 is 101 Å². The molecule has 2 aliphatic rings. The third-order valence-electron chi connectivity index (χ3n) is 14.7. The standard InChI is InChI=1S/C66H97N7O15/c1-17-18-19-20-21-22-42-23-26-45(40(2)35-42)56(75)71-48(29-30-67-60(79)86-63(4,5)6)58(77)73(15)53-44-25-28-51(84-34-32-69-62(81)88-65(10,11)12)47(38-44)46-36-43(24-27-50(46)83-33-31-68-61(80)87-64(7,8)9)37-49(72-55(74)41(3)70-57(53)76)59(78)85-52-39-66(13,14)54(52)82-16/h23-28,35-36,38,41,48-49,52-54H,17-22,29-34,37,39H2,1-16H3,(H,67,79)(H,68,80)(H,69,81)(H,70,76)(H,71,75)(H,72,74)/t41-,48-,49-,52?,53-,54?/m0/s1. The molecule has 6 atom stereocenters. The number of aryl methyl sites for hydroxylation is 2. The van der Waals surface area contributed by atoms with Gasteiger partial charge < -0.3 is 70.0 Å². The van der Waals surface area contributed by atoms with Crippen molar-refractivity contribution in [2.75, 3.05) is 47.0 Å². The molecule has 1 saturated carbocycles. The van der Waals surface area contributed by atoms with Crippen LogP contribution in [0.3, 0.4) is 0 Å². The quantitative estimate of drug-likeness (QED) is 0.0277. The van der Waals surface area contributed by atoms with Gasteiger partial charge in [-0.3, -0.25) is 19.2 Å². The number of hydrogen-bond acceptors (Lipinski definition) is 15. The Morgan fingerprint density at radius 2 is 1.26 bits per heavy atom. The molecule has 4 bridgehead atoms. The Morgan fingerprint density at radius 1 is 0.705 bits per heavy atom. The van der Waals surface area contributed by atoms with Crippen molar-refractivity contribution in [1.29, 1.82) is 0 Å². The summed E-state index contributed by atoms with van der Waals surface area (Å²) >= 11 is 0. The first-order valence-electron chi connectivity index (χ1n) is 30.6. The first-order valence-corrected chi connectivity index (χ1v) is 30.6. The summed E-state index contributed by atoms with van der Waals surface area (Å²) in [4.78, 5) is 113. The zero-order chi connectivity index (χ0) is 65.3. The van der Waals surface area contributed by atoms with Gasteiger partial charge in [-0.1, -0.05) is 70.7 Å². The lowest BCUT2D eigenvalue weighted by Gasteiger charge is -2.49. The predicted octanol–water partition coefficient (Wildman–Crippen LogP) is 9.10. The van der Waals surface area contributed by atoms with Crippen LogP contribution in [0.15, 0.2) is 54.6 Å². The number of benzene rings is 3. The van der Waals surface area contributed by atoms with E-state index in [4.69, 9.17) is 33.2 Å². The van der Waals surface area contributed by atoms with Crippen LogP contribution < -0.4 is 41.4 Å². The molecule has 2 unspecified atom stereocenters. The lowest BCUT2D eigenvalue weighted by Crippen LogP contribution is -2.58. The fourth-order valence-corrected chi connectivity index (χ4v) is 10.4. The van der Waals surface area contributed by atoms with Gasteiger partial charge in [0.25, 0.3) is 5.91 Å². The molecule has 1 fully saturated rings. The summed E-state index contributed by atoms with van der Waals surface area (Å²) in [6.45, 7) is 24.7. The van der Waals surface area contributed by atoms with Gasteiger partial charge in [-0.2, -0.15) is 0 Å². The number of likely N-dealkylation sites (N-methyl/N-ethyl adjacent to an activating group) is 1. The Hall–Kier alpha value is -7.62. The number of amides is 7. The Bertz CT molecular complexity index is 2930. The first-order chi connectivity index (χ1) is 41.2. The van der Waals surface area contributed by atoms with Gasteiger partial charge in [0.15, 0.2) is 0 Å². The number of nitrogens with zero attached hydrogens (tertiary/aromatic N) is 1. The van der Waals surface area contributed by atoms with Gasteiger partial charge in [-0.25, -0.2) is 19.2 Å². The van der Waals surface area contributed by atoms with Gasteiger partial charge >= 0.3 is 24.2 Å². The minimum atomic E-state index is -1.55. The van der Waals surface area contributed by atoms with Crippen LogP contribution in [0.2, 0.25) is 0 Å². The SMILES string of the molecule is CCCCCCCc1ccc(C(=O)N[C@@H](CCNC(=O)OC(C)(C)C)C(=O)N(C)[C@@H]2C(=O)N[C@@H](C)C(=O)N[C@H](C(=O)OC3CC(C)(C)C3OC)Cc3ccc(OCCNC(=O)OC(C)(C)C)c(c3)-c3cc2ccc3OCCNC(=O)OC(C)(C)C)c(C)c1. The van der Waals surface area contributed by atoms with E-state index in [1.54, 1.807) is 112 Å². The lowest BCUT2D eigenvalue weighted by atomic mass is 9.67. The number of ether oxygens (including phenoxy) is 7. The largest absolute Gasteiger partial charge is 0.491 e. The summed E-state index contributed by atoms with van der Waals surface area (Å²) in [6.07, 6.45) is 3.53. The smallest absolute Gasteiger partial charge is 0.407 e. The van der Waals surface area contributed by atoms with Crippen molar-refractivity contribution in [2.45, 2.75) is 208 Å². The highest BCUT2D eigenvalue weighted by atomic mass is 16.6. The summed E-state index contributed by atoms with van der Waals surface area (Å²) in [5, 5.41) is 16.6. The fraction of sp³-hybridized carbons (Fsp3) is 0.606. The molecule has 0 saturated heterocycles. The second kappa shape index (κ2) is 31.5. The number of alkyl carbamates (subject to hydrolysis) is 3. The Morgan fingerprint density at radius 3 is 1.81 bits per heavy atom. The molecule has 22 heteroatoms. The van der Waals surface area contributed by atoms with E-state index in [1.165, 1.54) is 20.4 Å². The van der Waals surface area contributed by atoms with Crippen LogP contribution in [0, 0.1) is 12.3 Å². The van der Waals surface area contributed by atoms with Crippen LogP contribution in [0.5, 0.6) is 11.5 Å². The van der Waals surface area contributed by atoms with E-state index in [9.17, 15) is 28.8 Å². The molecule has 1 aliphatic carbocycles. The van der Waals surface area contributed by atoms with Gasteiger partial charge in [0, 0.05) is 43.8 Å². The fourth-order valence-electron chi connectivity index (χ4n) is 10.4. The molecule has 3 aromatic carbocycles. The number of methoxy groups -OCH3 is 1. The van der Waals surface area contributed by atoms with Crippen molar-refractivity contribution in [1.82, 2.24) is 36.8 Å². The van der Waals surface area contributed by atoms with Crippen molar-refractivity contribution in [3.8, 4) is 22.6 Å². The summed E-state index contributed by atoms with van der Waals surface area (Å²) in [5.74, 6) is -3.13. The second-order valence-corrected chi connectivity index (χ2v) is 26.4. The first kappa shape index (κ1) is 71.1. The maximum absolute atomic E-state index is 15.4. The normalized spacial score (nSPS) is 18.7. The number of carbonyl (C=O) groups is 8. The highest BCUT2D eigenvalue weighted by molar-refractivity contribution is 6.00. The van der Waals surface area contributed by atoms with Gasteiger partial charge in [0.1, 0.15) is 71.8 Å². The van der Waals surface area contributed by atoms with Crippen LogP contribution in [0.25, 0.3) is 11.1 Å². The van der Waals surface area contributed by atoms with Crippen LogP contribution in [-0.2, 0) is 55.7 Å². The van der Waals surface area contributed by atoms with Crippen LogP contribution >= 0.6 is 0 Å². The van der Waals surface area contributed by atoms with Crippen molar-refractivity contribution in [3.05, 3.63) is 82.4 Å². The van der Waals surface area contributed by atoms with E-state index in [1.807, 2.05) is 32.9 Å². The molecular formula is C66H97N7O15. The molecule has 486 valence electrons. The third-order valence-corrected chi connectivity index (χ3v) is 14.7. The zero-order valence-corrected chi connectivity index (χ0v) is 54.6. The molecular weight excluding hydrogens is 1130 g/mol. The lowest BCUT2D eigenvalue weighted by molar-refractivity contribution is -0.199. The van der Waals surface area contributed by atoms with Gasteiger partial charge in [0.05, 0.1) is 19.2 Å². The molecule has 1 aliphatic heterocycles. The van der Waals surface area contributed by atoms with Gasteiger partial charge in [-0.15, -0.1) is 0 Å². The number of rotatable bonds is 24. The Labute approximate surface area is 519 Å². The molecule has 0 spiro atoms. The molecule has 6 N–H and O–H groups in total. The minimum absolute atomic E-state index is 0.000274. The summed E-state index contributed by atoms with van der Waals surface area (Å²) < 4.78 is 41.0. The number of nitrogens with one attached hydrogen (secondary N) is 6. The van der Waals surface area contributed by atoms with Crippen molar-refractivity contribution in [2.24, 2.45) is 5.41 Å². The zero-order valence-electron chi connectivity index (χ0n) is 54.6. The average Bonchev–Trinajstić information content (AvgIpc) is 1.17. The van der Waals surface area contributed by atoms with Crippen LogP contribution in [0.4, 0.5) is 14.4 Å². The van der Waals surface area contributed by atoms with Crippen molar-refractivity contribution < 1.29 is 71.5 Å². The summed E-state index contributed by atoms with van der Waals surface area (Å²) in [6, 6.07) is 9.99. The highest BCUT2D eigenvalue weighted by Crippen LogP contribution is 2.45. The minimum Gasteiger partial charge on any atom is -0.491 e. The molecule has 22 nitrogen and oxygen atoms in total. The van der Waals surface area contributed by atoms with Crippen LogP contribution in [0.1, 0.15) is 174 Å². The number of unbranched alkanes of at least 4 members (excludes halogenated alkanes) is 4. The van der Waals surface area contributed by atoms with E-state index in [0.717, 1.165) is 42.6 Å². The molecule has 0 radical (unpaired) electrons. The maximum atomic E-state index is 15.4. The Balaban J connectivity index is 1.64.